The Morgan fingerprint density at radius 1 is 1.18 bits per heavy atom. The first kappa shape index (κ1) is 18.2. The average molecular weight is 377 g/mol. The van der Waals surface area contributed by atoms with Crippen LogP contribution >= 0.6 is 0 Å². The van der Waals surface area contributed by atoms with Gasteiger partial charge in [0.2, 0.25) is 17.6 Å². The number of pyridine rings is 1. The minimum Gasteiger partial charge on any atom is -0.371 e. The Hall–Kier alpha value is -3.22. The van der Waals surface area contributed by atoms with Crippen LogP contribution in [0.4, 0.5) is 5.69 Å². The third-order valence-corrected chi connectivity index (χ3v) is 4.97. The predicted octanol–water partition coefficient (Wildman–Crippen LogP) is 2.71. The number of nitrogens with one attached hydrogen (secondary N) is 1. The van der Waals surface area contributed by atoms with Crippen LogP contribution in [-0.2, 0) is 11.2 Å². The average Bonchev–Trinajstić information content (AvgIpc) is 3.42. The maximum Gasteiger partial charge on any atom is 0.227 e. The molecule has 1 atom stereocenters. The SMILES string of the molecule is O=C(CCc1nc(-c2ccncc2)no1)NCC1CCN(c2ccccc2)C1. The van der Waals surface area contributed by atoms with Gasteiger partial charge in [-0.15, -0.1) is 0 Å². The molecule has 0 saturated carbocycles. The number of hydrogen-bond acceptors (Lipinski definition) is 6. The zero-order chi connectivity index (χ0) is 19.2. The van der Waals surface area contributed by atoms with E-state index in [1.165, 1.54) is 5.69 Å². The lowest BCUT2D eigenvalue weighted by atomic mass is 10.1. The predicted molar refractivity (Wildman–Crippen MR) is 106 cm³/mol. The van der Waals surface area contributed by atoms with E-state index in [2.05, 4.69) is 49.6 Å². The maximum atomic E-state index is 12.2. The number of benzene rings is 1. The number of carbonyl (C=O) groups excluding carboxylic acids is 1. The summed E-state index contributed by atoms with van der Waals surface area (Å²) in [5.74, 6) is 1.48. The highest BCUT2D eigenvalue weighted by atomic mass is 16.5. The van der Waals surface area contributed by atoms with Crippen molar-refractivity contribution in [3.8, 4) is 11.4 Å². The minimum absolute atomic E-state index is 0.0156. The molecular formula is C21H23N5O2. The molecule has 0 spiro atoms. The Labute approximate surface area is 163 Å². The van der Waals surface area contributed by atoms with Crippen molar-refractivity contribution in [2.75, 3.05) is 24.5 Å². The monoisotopic (exact) mass is 377 g/mol. The van der Waals surface area contributed by atoms with Crippen LogP contribution in [0.5, 0.6) is 0 Å². The molecule has 1 aromatic carbocycles. The fourth-order valence-corrected chi connectivity index (χ4v) is 3.41. The summed E-state index contributed by atoms with van der Waals surface area (Å²) in [6.45, 7) is 2.71. The van der Waals surface area contributed by atoms with Crippen LogP contribution in [0, 0.1) is 5.92 Å². The zero-order valence-corrected chi connectivity index (χ0v) is 15.6. The van der Waals surface area contributed by atoms with Gasteiger partial charge < -0.3 is 14.7 Å². The number of aromatic nitrogens is 3. The van der Waals surface area contributed by atoms with E-state index in [0.717, 1.165) is 25.1 Å². The van der Waals surface area contributed by atoms with Gasteiger partial charge in [-0.1, -0.05) is 23.4 Å². The summed E-state index contributed by atoms with van der Waals surface area (Å²) in [7, 11) is 0. The molecule has 1 aliphatic rings. The molecule has 3 aromatic rings. The summed E-state index contributed by atoms with van der Waals surface area (Å²) in [4.78, 5) is 22.9. The van der Waals surface area contributed by atoms with Crippen molar-refractivity contribution in [3.63, 3.8) is 0 Å². The summed E-state index contributed by atoms with van der Waals surface area (Å²) in [6, 6.07) is 14.0. The fourth-order valence-electron chi connectivity index (χ4n) is 3.41. The van der Waals surface area contributed by atoms with Crippen molar-refractivity contribution in [3.05, 3.63) is 60.7 Å². The molecule has 7 nitrogen and oxygen atoms in total. The van der Waals surface area contributed by atoms with Crippen LogP contribution in [0.2, 0.25) is 0 Å². The van der Waals surface area contributed by atoms with Crippen LogP contribution in [0.15, 0.2) is 59.4 Å². The van der Waals surface area contributed by atoms with Crippen LogP contribution < -0.4 is 10.2 Å². The van der Waals surface area contributed by atoms with Gasteiger partial charge in [0.15, 0.2) is 0 Å². The van der Waals surface area contributed by atoms with Crippen LogP contribution in [0.1, 0.15) is 18.7 Å². The summed E-state index contributed by atoms with van der Waals surface area (Å²) in [5.41, 5.74) is 2.09. The van der Waals surface area contributed by atoms with Gasteiger partial charge in [0, 0.05) is 56.1 Å². The van der Waals surface area contributed by atoms with Gasteiger partial charge in [-0.25, -0.2) is 0 Å². The van der Waals surface area contributed by atoms with Crippen molar-refractivity contribution in [2.45, 2.75) is 19.3 Å². The minimum atomic E-state index is 0.0156. The van der Waals surface area contributed by atoms with E-state index >= 15 is 0 Å². The third-order valence-electron chi connectivity index (χ3n) is 4.97. The molecular weight excluding hydrogens is 354 g/mol. The maximum absolute atomic E-state index is 12.2. The summed E-state index contributed by atoms with van der Waals surface area (Å²) in [5, 5.41) is 7.00. The first-order chi connectivity index (χ1) is 13.8. The van der Waals surface area contributed by atoms with E-state index in [1.807, 2.05) is 18.2 Å². The third kappa shape index (κ3) is 4.54. The molecule has 1 amide bonds. The lowest BCUT2D eigenvalue weighted by molar-refractivity contribution is -0.121. The molecule has 1 unspecified atom stereocenters. The van der Waals surface area contributed by atoms with Crippen LogP contribution in [0.3, 0.4) is 0 Å². The van der Waals surface area contributed by atoms with E-state index in [0.29, 0.717) is 37.0 Å². The largest absolute Gasteiger partial charge is 0.371 e. The molecule has 1 aliphatic heterocycles. The number of para-hydroxylation sites is 1. The fraction of sp³-hybridized carbons (Fsp3) is 0.333. The quantitative estimate of drug-likeness (QED) is 0.682. The van der Waals surface area contributed by atoms with E-state index in [1.54, 1.807) is 12.4 Å². The topological polar surface area (TPSA) is 84.1 Å². The first-order valence-electron chi connectivity index (χ1n) is 9.57. The smallest absolute Gasteiger partial charge is 0.227 e. The van der Waals surface area contributed by atoms with Crippen LogP contribution in [0.25, 0.3) is 11.4 Å². The Kier molecular flexibility index (Phi) is 5.61. The van der Waals surface area contributed by atoms with Gasteiger partial charge in [-0.05, 0) is 36.6 Å². The first-order valence-corrected chi connectivity index (χ1v) is 9.57. The van der Waals surface area contributed by atoms with E-state index in [9.17, 15) is 4.79 Å². The second kappa shape index (κ2) is 8.65. The molecule has 0 radical (unpaired) electrons. The number of carbonyl (C=O) groups is 1. The van der Waals surface area contributed by atoms with E-state index in [4.69, 9.17) is 4.52 Å². The molecule has 1 fully saturated rings. The molecule has 4 rings (SSSR count). The van der Waals surface area contributed by atoms with Crippen molar-refractivity contribution in [2.24, 2.45) is 5.92 Å². The number of nitrogens with zero attached hydrogens (tertiary/aromatic N) is 4. The highest BCUT2D eigenvalue weighted by Crippen LogP contribution is 2.23. The normalized spacial score (nSPS) is 16.3. The van der Waals surface area contributed by atoms with Gasteiger partial charge in [0.25, 0.3) is 0 Å². The Morgan fingerprint density at radius 3 is 2.82 bits per heavy atom. The molecule has 3 heterocycles. The summed E-state index contributed by atoms with van der Waals surface area (Å²) >= 11 is 0. The standard InChI is InChI=1S/C21H23N5O2/c27-19(6-7-20-24-21(25-28-20)17-8-11-22-12-9-17)23-14-16-10-13-26(15-16)18-4-2-1-3-5-18/h1-5,8-9,11-12,16H,6-7,10,13-15H2,(H,23,27). The van der Waals surface area contributed by atoms with E-state index in [-0.39, 0.29) is 5.91 Å². The number of aryl methyl sites for hydroxylation is 1. The van der Waals surface area contributed by atoms with Gasteiger partial charge >= 0.3 is 0 Å². The number of anilines is 1. The molecule has 144 valence electrons. The number of hydrogen-bond donors (Lipinski definition) is 1. The lowest BCUT2D eigenvalue weighted by Gasteiger charge is -2.18. The lowest BCUT2D eigenvalue weighted by Crippen LogP contribution is -2.31. The molecule has 7 heteroatoms. The molecule has 0 bridgehead atoms. The van der Waals surface area contributed by atoms with Gasteiger partial charge in [0.05, 0.1) is 0 Å². The Morgan fingerprint density at radius 2 is 2.00 bits per heavy atom. The zero-order valence-electron chi connectivity index (χ0n) is 15.6. The number of amides is 1. The molecule has 1 saturated heterocycles. The van der Waals surface area contributed by atoms with Crippen molar-refractivity contribution >= 4 is 11.6 Å². The second-order valence-electron chi connectivity index (χ2n) is 6.99. The van der Waals surface area contributed by atoms with Gasteiger partial charge in [0.1, 0.15) is 0 Å². The molecule has 2 aromatic heterocycles. The van der Waals surface area contributed by atoms with Gasteiger partial charge in [-0.2, -0.15) is 4.98 Å². The highest BCUT2D eigenvalue weighted by Gasteiger charge is 2.23. The van der Waals surface area contributed by atoms with E-state index < -0.39 is 0 Å². The Bertz CT molecular complexity index is 897. The van der Waals surface area contributed by atoms with Crippen molar-refractivity contribution < 1.29 is 9.32 Å². The van der Waals surface area contributed by atoms with Crippen molar-refractivity contribution in [1.29, 1.82) is 0 Å². The van der Waals surface area contributed by atoms with Crippen molar-refractivity contribution in [1.82, 2.24) is 20.4 Å². The van der Waals surface area contributed by atoms with Crippen LogP contribution in [-0.4, -0.2) is 40.7 Å². The molecule has 28 heavy (non-hydrogen) atoms. The Balaban J connectivity index is 1.20. The number of rotatable bonds is 7. The molecule has 0 aliphatic carbocycles. The van der Waals surface area contributed by atoms with Gasteiger partial charge in [-0.3, -0.25) is 9.78 Å². The molecule has 1 N–H and O–H groups in total. The summed E-state index contributed by atoms with van der Waals surface area (Å²) in [6.07, 6.45) is 5.23. The highest BCUT2D eigenvalue weighted by molar-refractivity contribution is 5.76. The second-order valence-corrected chi connectivity index (χ2v) is 6.99. The summed E-state index contributed by atoms with van der Waals surface area (Å²) < 4.78 is 5.24.